The summed E-state index contributed by atoms with van der Waals surface area (Å²) in [7, 11) is 1.66. The van der Waals surface area contributed by atoms with Gasteiger partial charge in [0, 0.05) is 6.42 Å². The molecule has 110 valence electrons. The van der Waals surface area contributed by atoms with Crippen LogP contribution in [0, 0.1) is 0 Å². The molecule has 0 aliphatic heterocycles. The van der Waals surface area contributed by atoms with Gasteiger partial charge in [-0.15, -0.1) is 0 Å². The second-order valence-corrected chi connectivity index (χ2v) is 4.52. The number of Topliss-reactive ketones (excluding diaryl/α,β-unsaturated/α-hetero) is 1. The molecule has 0 fully saturated rings. The maximum Gasteiger partial charge on any atom is 0.374 e. The standard InChI is InChI=1S/C16H22O4/c1-3-20-16(18)14(17)11-6-4-5-9-13-10-7-8-12-15(13)19-2/h7-8,10,12H,3-6,9,11H2,1-2H3. The Bertz CT molecular complexity index is 440. The number of methoxy groups -OCH3 is 1. The third kappa shape index (κ3) is 5.43. The van der Waals surface area contributed by atoms with Crippen molar-refractivity contribution < 1.29 is 19.1 Å². The van der Waals surface area contributed by atoms with Gasteiger partial charge in [0.15, 0.2) is 0 Å². The Kier molecular flexibility index (Phi) is 7.40. The molecule has 0 saturated heterocycles. The van der Waals surface area contributed by atoms with E-state index < -0.39 is 11.8 Å². The Labute approximate surface area is 120 Å². The highest BCUT2D eigenvalue weighted by Gasteiger charge is 2.13. The second-order valence-electron chi connectivity index (χ2n) is 4.52. The first kappa shape index (κ1) is 16.2. The Balaban J connectivity index is 2.22. The van der Waals surface area contributed by atoms with Crippen molar-refractivity contribution in [2.24, 2.45) is 0 Å². The Morgan fingerprint density at radius 3 is 2.55 bits per heavy atom. The number of ether oxygens (including phenoxy) is 2. The minimum atomic E-state index is -0.711. The van der Waals surface area contributed by atoms with Crippen molar-refractivity contribution >= 4 is 11.8 Å². The fourth-order valence-corrected chi connectivity index (χ4v) is 2.00. The maximum absolute atomic E-state index is 11.4. The van der Waals surface area contributed by atoms with Gasteiger partial charge in [-0.2, -0.15) is 0 Å². The molecular formula is C16H22O4. The Hall–Kier alpha value is -1.84. The summed E-state index contributed by atoms with van der Waals surface area (Å²) in [6.07, 6.45) is 3.77. The largest absolute Gasteiger partial charge is 0.496 e. The number of para-hydroxylation sites is 1. The van der Waals surface area contributed by atoms with Gasteiger partial charge in [0.25, 0.3) is 0 Å². The van der Waals surface area contributed by atoms with Gasteiger partial charge in [-0.05, 0) is 37.8 Å². The van der Waals surface area contributed by atoms with Gasteiger partial charge in [-0.1, -0.05) is 24.6 Å². The van der Waals surface area contributed by atoms with Gasteiger partial charge >= 0.3 is 5.97 Å². The van der Waals surface area contributed by atoms with Gasteiger partial charge in [0.05, 0.1) is 13.7 Å². The molecule has 20 heavy (non-hydrogen) atoms. The average Bonchev–Trinajstić information content (AvgIpc) is 2.47. The topological polar surface area (TPSA) is 52.6 Å². The maximum atomic E-state index is 11.4. The van der Waals surface area contributed by atoms with Crippen molar-refractivity contribution in [1.29, 1.82) is 0 Å². The van der Waals surface area contributed by atoms with E-state index >= 15 is 0 Å². The normalized spacial score (nSPS) is 10.1. The van der Waals surface area contributed by atoms with Crippen LogP contribution in [-0.4, -0.2) is 25.5 Å². The lowest BCUT2D eigenvalue weighted by atomic mass is 10.0. The van der Waals surface area contributed by atoms with Gasteiger partial charge in [0.2, 0.25) is 5.78 Å². The van der Waals surface area contributed by atoms with Crippen LogP contribution in [0.15, 0.2) is 24.3 Å². The van der Waals surface area contributed by atoms with Crippen LogP contribution in [0.2, 0.25) is 0 Å². The van der Waals surface area contributed by atoms with E-state index in [-0.39, 0.29) is 13.0 Å². The molecule has 4 nitrogen and oxygen atoms in total. The molecule has 1 aromatic carbocycles. The van der Waals surface area contributed by atoms with Crippen molar-refractivity contribution in [2.75, 3.05) is 13.7 Å². The molecule has 0 bridgehead atoms. The summed E-state index contributed by atoms with van der Waals surface area (Å²) in [5.74, 6) is -0.239. The number of ketones is 1. The van der Waals surface area contributed by atoms with Crippen LogP contribution in [0.3, 0.4) is 0 Å². The van der Waals surface area contributed by atoms with Crippen molar-refractivity contribution in [2.45, 2.75) is 39.0 Å². The lowest BCUT2D eigenvalue weighted by Crippen LogP contribution is -2.16. The van der Waals surface area contributed by atoms with E-state index in [0.29, 0.717) is 6.42 Å². The van der Waals surface area contributed by atoms with Crippen LogP contribution in [0.25, 0.3) is 0 Å². The SMILES string of the molecule is CCOC(=O)C(=O)CCCCCc1ccccc1OC. The molecule has 0 N–H and O–H groups in total. The first-order valence-corrected chi connectivity index (χ1v) is 7.00. The Morgan fingerprint density at radius 1 is 1.10 bits per heavy atom. The molecule has 0 aromatic heterocycles. The molecular weight excluding hydrogens is 256 g/mol. The molecule has 1 aromatic rings. The quantitative estimate of drug-likeness (QED) is 0.396. The van der Waals surface area contributed by atoms with Crippen molar-refractivity contribution in [3.8, 4) is 5.75 Å². The predicted molar refractivity (Wildman–Crippen MR) is 76.8 cm³/mol. The van der Waals surface area contributed by atoms with Crippen LogP contribution >= 0.6 is 0 Å². The second kappa shape index (κ2) is 9.13. The van der Waals surface area contributed by atoms with Crippen molar-refractivity contribution in [3.63, 3.8) is 0 Å². The molecule has 0 spiro atoms. The van der Waals surface area contributed by atoms with Crippen LogP contribution in [0.1, 0.15) is 38.2 Å². The zero-order chi connectivity index (χ0) is 14.8. The van der Waals surface area contributed by atoms with Crippen molar-refractivity contribution in [3.05, 3.63) is 29.8 Å². The number of aryl methyl sites for hydroxylation is 1. The molecule has 0 unspecified atom stereocenters. The molecule has 4 heteroatoms. The van der Waals surface area contributed by atoms with Crippen molar-refractivity contribution in [1.82, 2.24) is 0 Å². The Morgan fingerprint density at radius 2 is 1.85 bits per heavy atom. The van der Waals surface area contributed by atoms with Gasteiger partial charge in [-0.3, -0.25) is 4.79 Å². The molecule has 0 aliphatic carbocycles. The highest BCUT2D eigenvalue weighted by Crippen LogP contribution is 2.19. The fraction of sp³-hybridized carbons (Fsp3) is 0.500. The first-order valence-electron chi connectivity index (χ1n) is 7.00. The predicted octanol–water partition coefficient (Wildman–Crippen LogP) is 2.93. The minimum absolute atomic E-state index is 0.248. The lowest BCUT2D eigenvalue weighted by molar-refractivity contribution is -0.153. The average molecular weight is 278 g/mol. The number of hydrogen-bond acceptors (Lipinski definition) is 4. The highest BCUT2D eigenvalue weighted by atomic mass is 16.5. The van der Waals surface area contributed by atoms with E-state index in [1.165, 1.54) is 5.56 Å². The zero-order valence-electron chi connectivity index (χ0n) is 12.2. The van der Waals surface area contributed by atoms with Gasteiger partial charge in [0.1, 0.15) is 5.75 Å². The molecule has 0 atom stereocenters. The highest BCUT2D eigenvalue weighted by molar-refractivity contribution is 6.33. The number of carbonyl (C=O) groups is 2. The molecule has 1 rings (SSSR count). The van der Waals surface area contributed by atoms with Crippen LogP contribution < -0.4 is 4.74 Å². The summed E-state index contributed by atoms with van der Waals surface area (Å²) in [5.41, 5.74) is 1.17. The summed E-state index contributed by atoms with van der Waals surface area (Å²) in [6, 6.07) is 7.92. The van der Waals surface area contributed by atoms with E-state index in [0.717, 1.165) is 25.0 Å². The van der Waals surface area contributed by atoms with Crippen LogP contribution in [0.5, 0.6) is 5.75 Å². The van der Waals surface area contributed by atoms with E-state index in [1.807, 2.05) is 24.3 Å². The smallest absolute Gasteiger partial charge is 0.374 e. The van der Waals surface area contributed by atoms with Gasteiger partial charge < -0.3 is 9.47 Å². The summed E-state index contributed by atoms with van der Waals surface area (Å²) in [4.78, 5) is 22.5. The number of esters is 1. The zero-order valence-corrected chi connectivity index (χ0v) is 12.2. The summed E-state index contributed by atoms with van der Waals surface area (Å²) >= 11 is 0. The van der Waals surface area contributed by atoms with Gasteiger partial charge in [-0.25, -0.2) is 4.79 Å². The number of hydrogen-bond donors (Lipinski definition) is 0. The fourth-order valence-electron chi connectivity index (χ4n) is 2.00. The number of benzene rings is 1. The summed E-state index contributed by atoms with van der Waals surface area (Å²) in [6.45, 7) is 1.94. The molecule has 0 amide bonds. The molecule has 0 aliphatic rings. The monoisotopic (exact) mass is 278 g/mol. The van der Waals surface area contributed by atoms with Crippen LogP contribution in [-0.2, 0) is 20.7 Å². The van der Waals surface area contributed by atoms with E-state index in [1.54, 1.807) is 14.0 Å². The first-order chi connectivity index (χ1) is 9.69. The van der Waals surface area contributed by atoms with E-state index in [4.69, 9.17) is 4.74 Å². The third-order valence-electron chi connectivity index (χ3n) is 3.05. The molecule has 0 saturated carbocycles. The lowest BCUT2D eigenvalue weighted by Gasteiger charge is -2.07. The van der Waals surface area contributed by atoms with E-state index in [9.17, 15) is 9.59 Å². The number of carbonyl (C=O) groups excluding carboxylic acids is 2. The van der Waals surface area contributed by atoms with Crippen LogP contribution in [0.4, 0.5) is 0 Å². The molecule has 0 heterocycles. The number of unbranched alkanes of at least 4 members (excludes halogenated alkanes) is 2. The summed E-state index contributed by atoms with van der Waals surface area (Å²) < 4.78 is 9.94. The van der Waals surface area contributed by atoms with E-state index in [2.05, 4.69) is 4.74 Å². The summed E-state index contributed by atoms with van der Waals surface area (Å²) in [5, 5.41) is 0. The number of rotatable bonds is 9. The minimum Gasteiger partial charge on any atom is -0.496 e. The third-order valence-corrected chi connectivity index (χ3v) is 3.05. The molecule has 0 radical (unpaired) electrons.